The molecule has 0 atom stereocenters. The molecule has 0 saturated carbocycles. The van der Waals surface area contributed by atoms with Gasteiger partial charge in [0.25, 0.3) is 0 Å². The third-order valence-corrected chi connectivity index (χ3v) is 3.90. The van der Waals surface area contributed by atoms with Gasteiger partial charge in [0.05, 0.1) is 12.3 Å². The van der Waals surface area contributed by atoms with Crippen molar-refractivity contribution < 1.29 is 19.1 Å². The Morgan fingerprint density at radius 3 is 2.45 bits per heavy atom. The molecule has 1 N–H and O–H groups in total. The number of carbonyl (C=O) groups excluding carboxylic acids is 1. The summed E-state index contributed by atoms with van der Waals surface area (Å²) < 4.78 is 5.40. The monoisotopic (exact) mass is 299 g/mol. The predicted molar refractivity (Wildman–Crippen MR) is 79.1 cm³/mol. The first-order valence-corrected chi connectivity index (χ1v) is 7.29. The van der Waals surface area contributed by atoms with Crippen molar-refractivity contribution in [1.82, 2.24) is 4.90 Å². The quantitative estimate of drug-likeness (QED) is 0.905. The van der Waals surface area contributed by atoms with Crippen LogP contribution in [0.1, 0.15) is 42.6 Å². The molecule has 0 aromatic carbocycles. The fourth-order valence-electron chi connectivity index (χ4n) is 1.54. The average molecular weight is 299 g/mol. The molecular formula is C14H21NO4S. The first-order valence-electron chi connectivity index (χ1n) is 6.30. The molecule has 1 heterocycles. The van der Waals surface area contributed by atoms with Crippen LogP contribution in [0.2, 0.25) is 0 Å². The molecular weight excluding hydrogens is 278 g/mol. The lowest BCUT2D eigenvalue weighted by Gasteiger charge is -2.20. The maximum Gasteiger partial charge on any atom is 0.339 e. The van der Waals surface area contributed by atoms with Crippen LogP contribution in [0.3, 0.4) is 0 Å². The Balaban J connectivity index is 2.62. The number of aryl methyl sites for hydroxylation is 1. The topological polar surface area (TPSA) is 70.8 Å². The minimum Gasteiger partial charge on any atom is -0.478 e. The summed E-state index contributed by atoms with van der Waals surface area (Å²) in [5, 5.41) is 8.95. The molecule has 0 saturated heterocycles. The van der Waals surface area contributed by atoms with E-state index in [-0.39, 0.29) is 22.8 Å². The molecule has 0 aliphatic rings. The van der Waals surface area contributed by atoms with Crippen LogP contribution in [0.4, 0.5) is 0 Å². The van der Waals surface area contributed by atoms with Crippen molar-refractivity contribution >= 4 is 23.6 Å². The van der Waals surface area contributed by atoms with Gasteiger partial charge in [-0.2, -0.15) is 0 Å². The van der Waals surface area contributed by atoms with E-state index in [9.17, 15) is 9.59 Å². The molecule has 0 aliphatic heterocycles. The zero-order valence-corrected chi connectivity index (χ0v) is 13.3. The Morgan fingerprint density at radius 1 is 1.40 bits per heavy atom. The molecule has 1 aromatic heterocycles. The van der Waals surface area contributed by atoms with Gasteiger partial charge < -0.3 is 14.4 Å². The number of amides is 1. The number of carboxylic acids is 1. The number of carbonyl (C=O) groups is 2. The minimum atomic E-state index is -1.02. The van der Waals surface area contributed by atoms with Crippen LogP contribution < -0.4 is 0 Å². The summed E-state index contributed by atoms with van der Waals surface area (Å²) >= 11 is 1.58. The summed E-state index contributed by atoms with van der Waals surface area (Å²) in [6.45, 7) is 8.04. The first-order chi connectivity index (χ1) is 9.10. The Hall–Kier alpha value is -1.43. The van der Waals surface area contributed by atoms with E-state index in [1.165, 1.54) is 6.07 Å². The molecule has 20 heavy (non-hydrogen) atoms. The van der Waals surface area contributed by atoms with Gasteiger partial charge in [-0.3, -0.25) is 4.79 Å². The van der Waals surface area contributed by atoms with Crippen LogP contribution in [0, 0.1) is 6.92 Å². The maximum absolute atomic E-state index is 12.0. The van der Waals surface area contributed by atoms with Gasteiger partial charge in [0.15, 0.2) is 0 Å². The van der Waals surface area contributed by atoms with E-state index in [1.54, 1.807) is 30.6 Å². The van der Waals surface area contributed by atoms with Crippen LogP contribution >= 0.6 is 11.8 Å². The Kier molecular flexibility index (Phi) is 5.28. The van der Waals surface area contributed by atoms with Crippen LogP contribution in [0.5, 0.6) is 0 Å². The van der Waals surface area contributed by atoms with E-state index in [4.69, 9.17) is 9.52 Å². The summed E-state index contributed by atoms with van der Waals surface area (Å²) in [7, 11) is 1.68. The first kappa shape index (κ1) is 16.6. The molecule has 0 radical (unpaired) electrons. The summed E-state index contributed by atoms with van der Waals surface area (Å²) in [4.78, 5) is 24.4. The number of carboxylic acid groups (broad SMARTS) is 1. The molecule has 0 spiro atoms. The van der Waals surface area contributed by atoms with E-state index in [0.29, 0.717) is 17.3 Å². The van der Waals surface area contributed by atoms with Crippen molar-refractivity contribution in [2.45, 2.75) is 39.0 Å². The molecule has 0 fully saturated rings. The maximum atomic E-state index is 12.0. The number of nitrogens with zero attached hydrogens (tertiary/aromatic N) is 1. The third-order valence-electron chi connectivity index (χ3n) is 2.65. The van der Waals surface area contributed by atoms with E-state index in [1.807, 2.05) is 0 Å². The number of hydrogen-bond donors (Lipinski definition) is 1. The Bertz CT molecular complexity index is 502. The van der Waals surface area contributed by atoms with Crippen molar-refractivity contribution in [2.75, 3.05) is 12.8 Å². The Morgan fingerprint density at radius 2 is 2.00 bits per heavy atom. The van der Waals surface area contributed by atoms with Crippen LogP contribution in [0.25, 0.3) is 0 Å². The van der Waals surface area contributed by atoms with Crippen molar-refractivity contribution in [3.63, 3.8) is 0 Å². The van der Waals surface area contributed by atoms with Crippen LogP contribution in [0.15, 0.2) is 10.5 Å². The lowest BCUT2D eigenvalue weighted by atomic mass is 10.2. The summed E-state index contributed by atoms with van der Waals surface area (Å²) in [6, 6.07) is 1.47. The van der Waals surface area contributed by atoms with Crippen LogP contribution in [-0.4, -0.2) is 39.4 Å². The molecule has 5 nitrogen and oxygen atoms in total. The van der Waals surface area contributed by atoms with Crippen molar-refractivity contribution in [2.24, 2.45) is 0 Å². The molecule has 0 aliphatic carbocycles. The van der Waals surface area contributed by atoms with Gasteiger partial charge in [-0.05, 0) is 13.0 Å². The number of aromatic carboxylic acids is 1. The van der Waals surface area contributed by atoms with Gasteiger partial charge in [0, 0.05) is 11.8 Å². The van der Waals surface area contributed by atoms with Gasteiger partial charge in [0.2, 0.25) is 5.91 Å². The second-order valence-electron chi connectivity index (χ2n) is 5.64. The van der Waals surface area contributed by atoms with E-state index in [0.717, 1.165) is 0 Å². The van der Waals surface area contributed by atoms with Crippen molar-refractivity contribution in [3.05, 3.63) is 23.2 Å². The van der Waals surface area contributed by atoms with Gasteiger partial charge in [0.1, 0.15) is 17.1 Å². The number of hydrogen-bond acceptors (Lipinski definition) is 4. The number of furan rings is 1. The van der Waals surface area contributed by atoms with Gasteiger partial charge in [-0.25, -0.2) is 4.79 Å². The molecule has 1 amide bonds. The van der Waals surface area contributed by atoms with Gasteiger partial charge in [-0.1, -0.05) is 20.8 Å². The third kappa shape index (κ3) is 4.92. The second-order valence-corrected chi connectivity index (χ2v) is 7.44. The summed E-state index contributed by atoms with van der Waals surface area (Å²) in [6.07, 6.45) is 0. The highest BCUT2D eigenvalue weighted by atomic mass is 32.2. The highest BCUT2D eigenvalue weighted by molar-refractivity contribution is 8.01. The van der Waals surface area contributed by atoms with E-state index >= 15 is 0 Å². The number of rotatable bonds is 5. The van der Waals surface area contributed by atoms with Crippen molar-refractivity contribution in [3.8, 4) is 0 Å². The predicted octanol–water partition coefficient (Wildman–Crippen LogP) is 2.78. The van der Waals surface area contributed by atoms with Gasteiger partial charge in [-0.15, -0.1) is 11.8 Å². The average Bonchev–Trinajstić information content (AvgIpc) is 2.66. The molecule has 112 valence electrons. The van der Waals surface area contributed by atoms with Gasteiger partial charge >= 0.3 is 5.97 Å². The Labute approximate surface area is 123 Å². The molecule has 0 unspecified atom stereocenters. The fourth-order valence-corrected chi connectivity index (χ4v) is 2.32. The molecule has 6 heteroatoms. The standard InChI is InChI=1S/C14H21NO4S/c1-9-11(13(17)18)6-10(19-9)7-15(5)12(16)8-20-14(2,3)4/h6H,7-8H2,1-5H3,(H,17,18). The largest absolute Gasteiger partial charge is 0.478 e. The normalized spacial score (nSPS) is 11.4. The fraction of sp³-hybridized carbons (Fsp3) is 0.571. The number of thioether (sulfide) groups is 1. The summed E-state index contributed by atoms with van der Waals surface area (Å²) in [5.74, 6) is 0.213. The molecule has 0 bridgehead atoms. The van der Waals surface area contributed by atoms with E-state index in [2.05, 4.69) is 20.8 Å². The SMILES string of the molecule is Cc1oc(CN(C)C(=O)CSC(C)(C)C)cc1C(=O)O. The zero-order chi connectivity index (χ0) is 15.5. The molecule has 1 aromatic rings. The van der Waals surface area contributed by atoms with E-state index < -0.39 is 5.97 Å². The lowest BCUT2D eigenvalue weighted by Crippen LogP contribution is -2.29. The highest BCUT2D eigenvalue weighted by Crippen LogP contribution is 2.23. The minimum absolute atomic E-state index is 0.00384. The van der Waals surface area contributed by atoms with Crippen LogP contribution in [-0.2, 0) is 11.3 Å². The molecule has 1 rings (SSSR count). The van der Waals surface area contributed by atoms with Crippen molar-refractivity contribution in [1.29, 1.82) is 0 Å². The lowest BCUT2D eigenvalue weighted by molar-refractivity contribution is -0.127. The second kappa shape index (κ2) is 6.35. The summed E-state index contributed by atoms with van der Waals surface area (Å²) in [5.41, 5.74) is 0.143. The zero-order valence-electron chi connectivity index (χ0n) is 12.5. The smallest absolute Gasteiger partial charge is 0.339 e. The highest BCUT2D eigenvalue weighted by Gasteiger charge is 2.19.